The van der Waals surface area contributed by atoms with Crippen LogP contribution in [0.4, 0.5) is 4.39 Å². The van der Waals surface area contributed by atoms with Gasteiger partial charge in [0.25, 0.3) is 0 Å². The van der Waals surface area contributed by atoms with E-state index in [1.807, 2.05) is 12.3 Å². The number of nitrogens with one attached hydrogen (secondary N) is 1. The van der Waals surface area contributed by atoms with Gasteiger partial charge in [0.05, 0.1) is 9.92 Å². The highest BCUT2D eigenvalue weighted by molar-refractivity contribution is 7.98. The molecule has 5 heteroatoms. The van der Waals surface area contributed by atoms with Crippen LogP contribution in [0.1, 0.15) is 5.56 Å². The Hall–Kier alpha value is -0.290. The summed E-state index contributed by atoms with van der Waals surface area (Å²) in [4.78, 5) is 2.84. The van der Waals surface area contributed by atoms with E-state index >= 15 is 0 Å². The predicted molar refractivity (Wildman–Crippen MR) is 71.3 cm³/mol. The molecular formula is C12H16ClFN2S. The van der Waals surface area contributed by atoms with Gasteiger partial charge < -0.3 is 5.32 Å². The summed E-state index contributed by atoms with van der Waals surface area (Å²) in [5, 5.41) is 3.81. The minimum absolute atomic E-state index is 0.213. The molecule has 1 aromatic carbocycles. The van der Waals surface area contributed by atoms with Gasteiger partial charge in [0.2, 0.25) is 0 Å². The molecule has 1 aliphatic heterocycles. The van der Waals surface area contributed by atoms with Crippen LogP contribution in [0.3, 0.4) is 0 Å². The largest absolute Gasteiger partial charge is 0.314 e. The molecule has 2 nitrogen and oxygen atoms in total. The van der Waals surface area contributed by atoms with Crippen LogP contribution in [0, 0.1) is 5.82 Å². The van der Waals surface area contributed by atoms with Crippen molar-refractivity contribution >= 4 is 23.4 Å². The van der Waals surface area contributed by atoms with Crippen LogP contribution in [-0.2, 0) is 6.54 Å². The van der Waals surface area contributed by atoms with Crippen molar-refractivity contribution in [2.24, 2.45) is 0 Å². The van der Waals surface area contributed by atoms with Crippen LogP contribution in [0.5, 0.6) is 0 Å². The lowest BCUT2D eigenvalue weighted by atomic mass is 10.2. The fourth-order valence-electron chi connectivity index (χ4n) is 2.03. The normalized spacial score (nSPS) is 17.4. The number of benzene rings is 1. The number of hydrogen-bond donors (Lipinski definition) is 1. The first-order valence-corrected chi connectivity index (χ1v) is 7.26. The second kappa shape index (κ2) is 6.05. The lowest BCUT2D eigenvalue weighted by molar-refractivity contribution is 0.233. The highest BCUT2D eigenvalue weighted by Gasteiger charge is 2.13. The zero-order chi connectivity index (χ0) is 12.3. The molecule has 94 valence electrons. The maximum absolute atomic E-state index is 13.7. The standard InChI is InChI=1S/C12H16ClFN2S/c1-17-12-10(13)6-9(7-11(12)14)8-16-4-2-15-3-5-16/h6-7,15H,2-5,8H2,1H3. The molecule has 0 aliphatic carbocycles. The van der Waals surface area contributed by atoms with Crippen LogP contribution >= 0.6 is 23.4 Å². The second-order valence-electron chi connectivity index (χ2n) is 4.12. The molecule has 1 heterocycles. The van der Waals surface area contributed by atoms with Crippen LogP contribution in [0.25, 0.3) is 0 Å². The first-order chi connectivity index (χ1) is 8.20. The Balaban J connectivity index is 2.10. The molecule has 1 saturated heterocycles. The molecule has 1 aromatic rings. The molecule has 0 bridgehead atoms. The van der Waals surface area contributed by atoms with Gasteiger partial charge in [-0.15, -0.1) is 11.8 Å². The maximum atomic E-state index is 13.7. The van der Waals surface area contributed by atoms with Crippen LogP contribution in [0.15, 0.2) is 17.0 Å². The van der Waals surface area contributed by atoms with Gasteiger partial charge in [0.1, 0.15) is 5.82 Å². The molecule has 17 heavy (non-hydrogen) atoms. The first kappa shape index (κ1) is 13.1. The van der Waals surface area contributed by atoms with Crippen molar-refractivity contribution in [1.82, 2.24) is 10.2 Å². The molecule has 0 radical (unpaired) electrons. The molecule has 0 saturated carbocycles. The molecule has 1 fully saturated rings. The Morgan fingerprint density at radius 3 is 2.71 bits per heavy atom. The number of rotatable bonds is 3. The Bertz CT molecular complexity index is 371. The highest BCUT2D eigenvalue weighted by atomic mass is 35.5. The highest BCUT2D eigenvalue weighted by Crippen LogP contribution is 2.29. The van der Waals surface area contributed by atoms with Gasteiger partial charge in [-0.2, -0.15) is 0 Å². The number of halogens is 2. The molecule has 1 aliphatic rings. The maximum Gasteiger partial charge on any atom is 0.138 e. The lowest BCUT2D eigenvalue weighted by Gasteiger charge is -2.27. The SMILES string of the molecule is CSc1c(F)cc(CN2CCNCC2)cc1Cl. The fourth-order valence-corrected chi connectivity index (χ4v) is 3.00. The predicted octanol–water partition coefficient (Wildman–Crippen LogP) is 2.61. The summed E-state index contributed by atoms with van der Waals surface area (Å²) < 4.78 is 13.7. The topological polar surface area (TPSA) is 15.3 Å². The van der Waals surface area contributed by atoms with Gasteiger partial charge in [-0.25, -0.2) is 4.39 Å². The van der Waals surface area contributed by atoms with Gasteiger partial charge in [0.15, 0.2) is 0 Å². The zero-order valence-electron chi connectivity index (χ0n) is 9.80. The Morgan fingerprint density at radius 2 is 2.12 bits per heavy atom. The third-order valence-electron chi connectivity index (χ3n) is 2.88. The van der Waals surface area contributed by atoms with E-state index in [0.717, 1.165) is 38.3 Å². The van der Waals surface area contributed by atoms with Crippen LogP contribution in [0.2, 0.25) is 5.02 Å². The van der Waals surface area contributed by atoms with Crippen LogP contribution < -0.4 is 5.32 Å². The van der Waals surface area contributed by atoms with Crippen molar-refractivity contribution in [2.45, 2.75) is 11.4 Å². The van der Waals surface area contributed by atoms with Gasteiger partial charge >= 0.3 is 0 Å². The quantitative estimate of drug-likeness (QED) is 0.853. The molecular weight excluding hydrogens is 259 g/mol. The van der Waals surface area contributed by atoms with E-state index in [2.05, 4.69) is 10.2 Å². The molecule has 0 unspecified atom stereocenters. The summed E-state index contributed by atoms with van der Waals surface area (Å²) in [6, 6.07) is 3.47. The summed E-state index contributed by atoms with van der Waals surface area (Å²) in [5.74, 6) is -0.213. The van der Waals surface area contributed by atoms with Crippen molar-refractivity contribution in [1.29, 1.82) is 0 Å². The Kier molecular flexibility index (Phi) is 4.68. The molecule has 0 spiro atoms. The Labute approximate surface area is 111 Å². The molecule has 1 N–H and O–H groups in total. The summed E-state index contributed by atoms with van der Waals surface area (Å²) in [6.45, 7) is 4.78. The average molecular weight is 275 g/mol. The van der Waals surface area contributed by atoms with Gasteiger partial charge in [0, 0.05) is 32.7 Å². The van der Waals surface area contributed by atoms with E-state index in [4.69, 9.17) is 11.6 Å². The van der Waals surface area contributed by atoms with Gasteiger partial charge in [-0.05, 0) is 24.0 Å². The molecule has 0 atom stereocenters. The van der Waals surface area contributed by atoms with Gasteiger partial charge in [-0.3, -0.25) is 4.90 Å². The molecule has 0 aromatic heterocycles. The second-order valence-corrected chi connectivity index (χ2v) is 5.34. The summed E-state index contributed by atoms with van der Waals surface area (Å²) in [6.07, 6.45) is 1.83. The smallest absolute Gasteiger partial charge is 0.138 e. The molecule has 2 rings (SSSR count). The monoisotopic (exact) mass is 274 g/mol. The number of hydrogen-bond acceptors (Lipinski definition) is 3. The summed E-state index contributed by atoms with van der Waals surface area (Å²) in [5.41, 5.74) is 0.951. The first-order valence-electron chi connectivity index (χ1n) is 5.65. The summed E-state index contributed by atoms with van der Waals surface area (Å²) >= 11 is 7.41. The Morgan fingerprint density at radius 1 is 1.41 bits per heavy atom. The van der Waals surface area contributed by atoms with E-state index in [9.17, 15) is 4.39 Å². The van der Waals surface area contributed by atoms with E-state index in [1.165, 1.54) is 11.8 Å². The van der Waals surface area contributed by atoms with Crippen LogP contribution in [-0.4, -0.2) is 37.3 Å². The third-order valence-corrected chi connectivity index (χ3v) is 4.11. The lowest BCUT2D eigenvalue weighted by Crippen LogP contribution is -2.42. The van der Waals surface area contributed by atoms with Crippen molar-refractivity contribution in [2.75, 3.05) is 32.4 Å². The van der Waals surface area contributed by atoms with E-state index in [1.54, 1.807) is 6.07 Å². The van der Waals surface area contributed by atoms with Crippen molar-refractivity contribution < 1.29 is 4.39 Å². The average Bonchev–Trinajstić information content (AvgIpc) is 2.30. The van der Waals surface area contributed by atoms with Crippen molar-refractivity contribution in [3.8, 4) is 0 Å². The zero-order valence-corrected chi connectivity index (χ0v) is 11.4. The fraction of sp³-hybridized carbons (Fsp3) is 0.500. The number of thioether (sulfide) groups is 1. The summed E-state index contributed by atoms with van der Waals surface area (Å²) in [7, 11) is 0. The minimum atomic E-state index is -0.213. The number of nitrogens with zero attached hydrogens (tertiary/aromatic N) is 1. The van der Waals surface area contributed by atoms with Gasteiger partial charge in [-0.1, -0.05) is 11.6 Å². The van der Waals surface area contributed by atoms with Crippen molar-refractivity contribution in [3.63, 3.8) is 0 Å². The number of piperazine rings is 1. The van der Waals surface area contributed by atoms with Crippen molar-refractivity contribution in [3.05, 3.63) is 28.5 Å². The van der Waals surface area contributed by atoms with E-state index < -0.39 is 0 Å². The minimum Gasteiger partial charge on any atom is -0.314 e. The van der Waals surface area contributed by atoms with E-state index in [-0.39, 0.29) is 5.82 Å². The molecule has 0 amide bonds. The third kappa shape index (κ3) is 3.35. The van der Waals surface area contributed by atoms with E-state index in [0.29, 0.717) is 9.92 Å².